The zero-order valence-corrected chi connectivity index (χ0v) is 18.8. The molecule has 4 aliphatic rings. The summed E-state index contributed by atoms with van der Waals surface area (Å²) < 4.78 is 8.89. The van der Waals surface area contributed by atoms with Crippen molar-refractivity contribution >= 4 is 17.7 Å². The third-order valence-electron chi connectivity index (χ3n) is 7.84. The minimum atomic E-state index is -0.568. The zero-order valence-electron chi connectivity index (χ0n) is 19.8. The van der Waals surface area contributed by atoms with Crippen molar-refractivity contribution in [2.75, 3.05) is 0 Å². The molecule has 1 aromatic rings. The van der Waals surface area contributed by atoms with Gasteiger partial charge in [-0.15, -0.1) is 0 Å². The van der Waals surface area contributed by atoms with Gasteiger partial charge in [-0.3, -0.25) is 19.7 Å². The van der Waals surface area contributed by atoms with E-state index in [1.165, 1.54) is 31.2 Å². The standard InChI is InChI=1S/C26H35N3O3/c30-24-13-12-23(25(31)28-24)29-16-19-15-17(10-11-21(19)26(29)32)14-18-6-4-5-9-22(18)27-20-7-2-1-3-8-20/h10-11,15,18,20,22-23,27H,1-9,12-14,16H2,(H,28,30,31)/t18-,22+,23?/m1/s1/i20D. The number of piperidine rings is 1. The summed E-state index contributed by atoms with van der Waals surface area (Å²) in [6.45, 7) is 0.427. The van der Waals surface area contributed by atoms with E-state index in [4.69, 9.17) is 1.37 Å². The van der Waals surface area contributed by atoms with Crippen LogP contribution in [0.1, 0.15) is 93.5 Å². The van der Waals surface area contributed by atoms with E-state index in [0.717, 1.165) is 44.1 Å². The normalized spacial score (nSPS) is 30.6. The van der Waals surface area contributed by atoms with Crippen molar-refractivity contribution in [3.05, 3.63) is 34.9 Å². The molecule has 172 valence electrons. The van der Waals surface area contributed by atoms with E-state index < -0.39 is 12.1 Å². The topological polar surface area (TPSA) is 78.5 Å². The fourth-order valence-electron chi connectivity index (χ4n) is 6.08. The zero-order chi connectivity index (χ0) is 23.0. The van der Waals surface area contributed by atoms with E-state index in [0.29, 0.717) is 30.5 Å². The van der Waals surface area contributed by atoms with Gasteiger partial charge in [0.2, 0.25) is 11.8 Å². The number of hydrogen-bond acceptors (Lipinski definition) is 4. The van der Waals surface area contributed by atoms with Crippen LogP contribution >= 0.6 is 0 Å². The minimum Gasteiger partial charge on any atom is -0.322 e. The summed E-state index contributed by atoms with van der Waals surface area (Å²) in [5, 5.41) is 6.12. The summed E-state index contributed by atoms with van der Waals surface area (Å²) in [6.07, 6.45) is 11.8. The van der Waals surface area contributed by atoms with Gasteiger partial charge >= 0.3 is 0 Å². The Morgan fingerprint density at radius 1 is 1.00 bits per heavy atom. The minimum absolute atomic E-state index is 0.114. The van der Waals surface area contributed by atoms with Crippen molar-refractivity contribution in [3.63, 3.8) is 0 Å². The highest BCUT2D eigenvalue weighted by atomic mass is 16.2. The molecule has 3 amide bonds. The molecule has 0 radical (unpaired) electrons. The summed E-state index contributed by atoms with van der Waals surface area (Å²) in [5.74, 6) is -0.238. The molecule has 3 fully saturated rings. The smallest absolute Gasteiger partial charge is 0.255 e. The van der Waals surface area contributed by atoms with Crippen LogP contribution in [0, 0.1) is 5.92 Å². The number of nitrogens with zero attached hydrogens (tertiary/aromatic N) is 1. The number of nitrogens with one attached hydrogen (secondary N) is 2. The monoisotopic (exact) mass is 438 g/mol. The van der Waals surface area contributed by atoms with Crippen molar-refractivity contribution in [1.29, 1.82) is 0 Å². The highest BCUT2D eigenvalue weighted by Crippen LogP contribution is 2.32. The molecule has 1 unspecified atom stereocenters. The van der Waals surface area contributed by atoms with Crippen molar-refractivity contribution in [2.45, 2.75) is 102 Å². The first-order chi connectivity index (χ1) is 15.9. The predicted octanol–water partition coefficient (Wildman–Crippen LogP) is 3.47. The van der Waals surface area contributed by atoms with Crippen molar-refractivity contribution in [3.8, 4) is 0 Å². The maximum atomic E-state index is 13.0. The highest BCUT2D eigenvalue weighted by Gasteiger charge is 2.39. The predicted molar refractivity (Wildman–Crippen MR) is 122 cm³/mol. The van der Waals surface area contributed by atoms with Crippen LogP contribution in [0.4, 0.5) is 0 Å². The molecule has 3 atom stereocenters. The van der Waals surface area contributed by atoms with Gasteiger partial charge in [-0.2, -0.15) is 0 Å². The molecule has 6 nitrogen and oxygen atoms in total. The molecule has 2 aliphatic heterocycles. The molecule has 6 heteroatoms. The molecule has 5 rings (SSSR count). The number of benzene rings is 1. The van der Waals surface area contributed by atoms with Crippen LogP contribution in [0.5, 0.6) is 0 Å². The van der Waals surface area contributed by atoms with E-state index in [9.17, 15) is 14.4 Å². The average Bonchev–Trinajstić information content (AvgIpc) is 3.11. The van der Waals surface area contributed by atoms with Crippen LogP contribution in [-0.2, 0) is 22.6 Å². The first-order valence-electron chi connectivity index (χ1n) is 13.0. The number of amides is 3. The third kappa shape index (κ3) is 4.47. The number of fused-ring (bicyclic) bond motifs is 1. The largest absolute Gasteiger partial charge is 0.322 e. The Kier molecular flexibility index (Phi) is 5.95. The van der Waals surface area contributed by atoms with E-state index >= 15 is 0 Å². The van der Waals surface area contributed by atoms with Crippen molar-refractivity contribution < 1.29 is 15.8 Å². The second-order valence-electron chi connectivity index (χ2n) is 10.1. The first kappa shape index (κ1) is 20.4. The molecule has 0 aromatic heterocycles. The van der Waals surface area contributed by atoms with Crippen LogP contribution in [0.15, 0.2) is 18.2 Å². The van der Waals surface area contributed by atoms with E-state index in [1.54, 1.807) is 4.90 Å². The van der Waals surface area contributed by atoms with E-state index in [2.05, 4.69) is 22.8 Å². The molecular formula is C26H35N3O3. The number of hydrogen-bond donors (Lipinski definition) is 2. The average molecular weight is 439 g/mol. The lowest BCUT2D eigenvalue weighted by Gasteiger charge is -2.36. The molecule has 0 bridgehead atoms. The van der Waals surface area contributed by atoms with Gasteiger partial charge in [-0.1, -0.05) is 44.2 Å². The maximum absolute atomic E-state index is 13.0. The quantitative estimate of drug-likeness (QED) is 0.690. The fraction of sp³-hybridized carbons (Fsp3) is 0.654. The lowest BCUT2D eigenvalue weighted by atomic mass is 9.79. The van der Waals surface area contributed by atoms with Gasteiger partial charge in [0.05, 0.1) is 0 Å². The Morgan fingerprint density at radius 3 is 2.59 bits per heavy atom. The van der Waals surface area contributed by atoms with E-state index in [1.807, 2.05) is 6.07 Å². The SMILES string of the molecule is [2H]C1(N[C@H]2CCCC[C@@H]2Cc2ccc3c(c2)CN(C2CCC(=O)NC2=O)C3=O)CCCCC1. The van der Waals surface area contributed by atoms with Crippen LogP contribution < -0.4 is 10.6 Å². The van der Waals surface area contributed by atoms with Crippen LogP contribution in [0.3, 0.4) is 0 Å². The van der Waals surface area contributed by atoms with Crippen molar-refractivity contribution in [2.24, 2.45) is 5.92 Å². The lowest BCUT2D eigenvalue weighted by Crippen LogP contribution is -2.52. The van der Waals surface area contributed by atoms with Gasteiger partial charge < -0.3 is 10.2 Å². The fourth-order valence-corrected chi connectivity index (χ4v) is 6.08. The molecule has 1 aromatic carbocycles. The van der Waals surface area contributed by atoms with Crippen LogP contribution in [0.2, 0.25) is 0 Å². The summed E-state index contributed by atoms with van der Waals surface area (Å²) >= 11 is 0. The second kappa shape index (κ2) is 9.34. The summed E-state index contributed by atoms with van der Waals surface area (Å²) in [6, 6.07) is 5.46. The van der Waals surface area contributed by atoms with Gasteiger partial charge in [0.1, 0.15) is 6.04 Å². The summed E-state index contributed by atoms with van der Waals surface area (Å²) in [7, 11) is 0. The summed E-state index contributed by atoms with van der Waals surface area (Å²) in [4.78, 5) is 38.4. The molecule has 1 saturated heterocycles. The molecular weight excluding hydrogens is 402 g/mol. The van der Waals surface area contributed by atoms with Crippen LogP contribution in [-0.4, -0.2) is 40.7 Å². The Hall–Kier alpha value is -2.21. The molecule has 0 spiro atoms. The van der Waals surface area contributed by atoms with Gasteiger partial charge in [-0.05, 0) is 61.6 Å². The molecule has 2 saturated carbocycles. The molecule has 32 heavy (non-hydrogen) atoms. The van der Waals surface area contributed by atoms with Gasteiger partial charge in [-0.25, -0.2) is 0 Å². The van der Waals surface area contributed by atoms with Gasteiger partial charge in [0.25, 0.3) is 5.91 Å². The van der Waals surface area contributed by atoms with E-state index in [-0.39, 0.29) is 24.1 Å². The van der Waals surface area contributed by atoms with Gasteiger partial charge in [0, 0.05) is 32.0 Å². The summed E-state index contributed by atoms with van der Waals surface area (Å²) in [5.41, 5.74) is 2.88. The Bertz CT molecular complexity index is 943. The Balaban J connectivity index is 1.27. The number of imide groups is 1. The number of rotatable bonds is 5. The molecule has 2 aliphatic carbocycles. The molecule has 2 N–H and O–H groups in total. The first-order valence-corrected chi connectivity index (χ1v) is 12.5. The Labute approximate surface area is 191 Å². The lowest BCUT2D eigenvalue weighted by molar-refractivity contribution is -0.136. The number of carbonyl (C=O) groups is 3. The highest BCUT2D eigenvalue weighted by molar-refractivity contribution is 6.05. The van der Waals surface area contributed by atoms with Crippen LogP contribution in [0.25, 0.3) is 0 Å². The second-order valence-corrected chi connectivity index (χ2v) is 10.1. The Morgan fingerprint density at radius 2 is 1.78 bits per heavy atom. The maximum Gasteiger partial charge on any atom is 0.255 e. The van der Waals surface area contributed by atoms with Gasteiger partial charge in [0.15, 0.2) is 0 Å². The van der Waals surface area contributed by atoms with Crippen molar-refractivity contribution in [1.82, 2.24) is 15.5 Å². The number of carbonyl (C=O) groups excluding carboxylic acids is 3. The third-order valence-corrected chi connectivity index (χ3v) is 7.84. The molecule has 2 heterocycles.